The maximum atomic E-state index is 5.55. The number of nitrogen functional groups attached to an aromatic ring is 1. The quantitative estimate of drug-likeness (QED) is 0.639. The summed E-state index contributed by atoms with van der Waals surface area (Å²) >= 11 is 0. The lowest BCUT2D eigenvalue weighted by atomic mass is 9.82. The molecule has 0 unspecified atom stereocenters. The van der Waals surface area contributed by atoms with E-state index in [1.165, 1.54) is 32.1 Å². The Hall–Kier alpha value is -1.36. The number of nitrogens with zero attached hydrogens (tertiary/aromatic N) is 3. The zero-order valence-electron chi connectivity index (χ0n) is 12.5. The van der Waals surface area contributed by atoms with Crippen LogP contribution in [0.25, 0.3) is 0 Å². The topological polar surface area (TPSA) is 67.1 Å². The van der Waals surface area contributed by atoms with E-state index in [4.69, 9.17) is 10.8 Å². The lowest BCUT2D eigenvalue weighted by Gasteiger charge is -2.27. The van der Waals surface area contributed by atoms with E-state index < -0.39 is 0 Å². The number of hydrogen-bond acceptors (Lipinski definition) is 5. The van der Waals surface area contributed by atoms with Gasteiger partial charge in [0.25, 0.3) is 0 Å². The molecule has 5 heteroatoms. The van der Waals surface area contributed by atoms with Crippen molar-refractivity contribution in [3.63, 3.8) is 0 Å². The first-order valence-corrected chi connectivity index (χ1v) is 7.80. The number of anilines is 2. The van der Waals surface area contributed by atoms with Crippen molar-refractivity contribution < 1.29 is 0 Å². The molecule has 3 rings (SSSR count). The highest BCUT2D eigenvalue weighted by Crippen LogP contribution is 2.41. The predicted molar refractivity (Wildman–Crippen MR) is 81.7 cm³/mol. The summed E-state index contributed by atoms with van der Waals surface area (Å²) in [5.41, 5.74) is 3.14. The molecular weight excluding hydrogens is 250 g/mol. The first kappa shape index (κ1) is 13.6. The fourth-order valence-electron chi connectivity index (χ4n) is 3.17. The Balaban J connectivity index is 1.85. The third-order valence-electron chi connectivity index (χ3n) is 5.08. The van der Waals surface area contributed by atoms with Gasteiger partial charge in [-0.05, 0) is 37.5 Å². The lowest BCUT2D eigenvalue weighted by Crippen LogP contribution is -2.27. The molecule has 1 aliphatic heterocycles. The van der Waals surface area contributed by atoms with Crippen LogP contribution < -0.4 is 16.2 Å². The number of hydrogen-bond donors (Lipinski definition) is 2. The Morgan fingerprint density at radius 1 is 1.35 bits per heavy atom. The SMILES string of the molecule is CCC1(CC)CCN(c2cc(NN)nc(C3CC3)n2)C1. The van der Waals surface area contributed by atoms with Crippen molar-refractivity contribution >= 4 is 11.6 Å². The van der Waals surface area contributed by atoms with Gasteiger partial charge < -0.3 is 10.3 Å². The Morgan fingerprint density at radius 3 is 2.65 bits per heavy atom. The molecule has 1 saturated heterocycles. The van der Waals surface area contributed by atoms with Crippen LogP contribution >= 0.6 is 0 Å². The van der Waals surface area contributed by atoms with E-state index in [9.17, 15) is 0 Å². The van der Waals surface area contributed by atoms with E-state index in [2.05, 4.69) is 29.2 Å². The second-order valence-electron chi connectivity index (χ2n) is 6.27. The van der Waals surface area contributed by atoms with Gasteiger partial charge in [-0.25, -0.2) is 15.8 Å². The minimum atomic E-state index is 0.459. The summed E-state index contributed by atoms with van der Waals surface area (Å²) in [6.07, 6.45) is 6.15. The molecule has 0 bridgehead atoms. The summed E-state index contributed by atoms with van der Waals surface area (Å²) in [5, 5.41) is 0. The smallest absolute Gasteiger partial charge is 0.145 e. The molecule has 2 fully saturated rings. The molecule has 0 atom stereocenters. The number of nitrogens with one attached hydrogen (secondary N) is 1. The van der Waals surface area contributed by atoms with E-state index in [0.29, 0.717) is 11.3 Å². The van der Waals surface area contributed by atoms with E-state index >= 15 is 0 Å². The molecule has 5 nitrogen and oxygen atoms in total. The van der Waals surface area contributed by atoms with Gasteiger partial charge in [0.1, 0.15) is 17.5 Å². The second-order valence-corrected chi connectivity index (χ2v) is 6.27. The largest absolute Gasteiger partial charge is 0.356 e. The van der Waals surface area contributed by atoms with Crippen LogP contribution in [0.1, 0.15) is 57.7 Å². The van der Waals surface area contributed by atoms with Crippen LogP contribution in [0.4, 0.5) is 11.6 Å². The second kappa shape index (κ2) is 5.20. The van der Waals surface area contributed by atoms with Crippen LogP contribution in [0.3, 0.4) is 0 Å². The van der Waals surface area contributed by atoms with Crippen molar-refractivity contribution in [2.75, 3.05) is 23.4 Å². The van der Waals surface area contributed by atoms with Gasteiger partial charge in [-0.3, -0.25) is 0 Å². The number of hydrazine groups is 1. The maximum absolute atomic E-state index is 5.55. The first-order valence-electron chi connectivity index (χ1n) is 7.80. The molecule has 0 aromatic carbocycles. The average Bonchev–Trinajstić information content (AvgIpc) is 3.26. The molecular formula is C15H25N5. The van der Waals surface area contributed by atoms with Crippen LogP contribution in [0, 0.1) is 5.41 Å². The van der Waals surface area contributed by atoms with Gasteiger partial charge >= 0.3 is 0 Å². The Kier molecular flexibility index (Phi) is 3.54. The molecule has 1 aromatic rings. The summed E-state index contributed by atoms with van der Waals surface area (Å²) in [5.74, 6) is 8.84. The van der Waals surface area contributed by atoms with Crippen molar-refractivity contribution in [1.82, 2.24) is 9.97 Å². The summed E-state index contributed by atoms with van der Waals surface area (Å²) in [7, 11) is 0. The molecule has 20 heavy (non-hydrogen) atoms. The molecule has 2 aliphatic rings. The molecule has 1 aromatic heterocycles. The summed E-state index contributed by atoms with van der Waals surface area (Å²) < 4.78 is 0. The minimum Gasteiger partial charge on any atom is -0.356 e. The monoisotopic (exact) mass is 275 g/mol. The van der Waals surface area contributed by atoms with Crippen LogP contribution in [0.5, 0.6) is 0 Å². The molecule has 1 saturated carbocycles. The van der Waals surface area contributed by atoms with Gasteiger partial charge in [0, 0.05) is 25.1 Å². The first-order chi connectivity index (χ1) is 9.69. The zero-order valence-corrected chi connectivity index (χ0v) is 12.5. The van der Waals surface area contributed by atoms with Crippen molar-refractivity contribution in [1.29, 1.82) is 0 Å². The Morgan fingerprint density at radius 2 is 2.10 bits per heavy atom. The molecule has 110 valence electrons. The third-order valence-corrected chi connectivity index (χ3v) is 5.08. The van der Waals surface area contributed by atoms with Gasteiger partial charge in [-0.15, -0.1) is 0 Å². The molecule has 1 aliphatic carbocycles. The molecule has 3 N–H and O–H groups in total. The zero-order chi connectivity index (χ0) is 14.2. The van der Waals surface area contributed by atoms with Crippen LogP contribution in [0.2, 0.25) is 0 Å². The van der Waals surface area contributed by atoms with Crippen molar-refractivity contribution in [2.24, 2.45) is 11.3 Å². The van der Waals surface area contributed by atoms with Crippen LogP contribution in [-0.4, -0.2) is 23.1 Å². The maximum Gasteiger partial charge on any atom is 0.145 e. The highest BCUT2D eigenvalue weighted by Gasteiger charge is 2.36. The molecule has 2 heterocycles. The van der Waals surface area contributed by atoms with Gasteiger partial charge in [0.2, 0.25) is 0 Å². The third kappa shape index (κ3) is 2.46. The molecule has 0 spiro atoms. The summed E-state index contributed by atoms with van der Waals surface area (Å²) in [6, 6.07) is 1.98. The Labute approximate surface area is 120 Å². The molecule has 0 radical (unpaired) electrons. The average molecular weight is 275 g/mol. The van der Waals surface area contributed by atoms with E-state index in [-0.39, 0.29) is 0 Å². The predicted octanol–water partition coefficient (Wildman–Crippen LogP) is 2.66. The normalized spacial score (nSPS) is 21.2. The fraction of sp³-hybridized carbons (Fsp3) is 0.733. The van der Waals surface area contributed by atoms with Crippen LogP contribution in [-0.2, 0) is 0 Å². The standard InChI is InChI=1S/C15H25N5/c1-3-15(4-2)7-8-20(10-15)13-9-12(19-16)17-14(18-13)11-5-6-11/h9,11H,3-8,10,16H2,1-2H3,(H,17,18,19). The van der Waals surface area contributed by atoms with Crippen molar-refractivity contribution in [3.05, 3.63) is 11.9 Å². The Bertz CT molecular complexity index is 479. The summed E-state index contributed by atoms with van der Waals surface area (Å²) in [4.78, 5) is 11.7. The van der Waals surface area contributed by atoms with E-state index in [1.807, 2.05) is 6.07 Å². The number of nitrogens with two attached hydrogens (primary N) is 1. The van der Waals surface area contributed by atoms with Gasteiger partial charge in [-0.2, -0.15) is 0 Å². The highest BCUT2D eigenvalue weighted by molar-refractivity contribution is 5.50. The van der Waals surface area contributed by atoms with Crippen molar-refractivity contribution in [3.8, 4) is 0 Å². The number of rotatable bonds is 5. The van der Waals surface area contributed by atoms with E-state index in [0.717, 1.165) is 30.5 Å². The van der Waals surface area contributed by atoms with Gasteiger partial charge in [0.15, 0.2) is 0 Å². The minimum absolute atomic E-state index is 0.459. The highest BCUT2D eigenvalue weighted by atomic mass is 15.3. The number of aromatic nitrogens is 2. The van der Waals surface area contributed by atoms with Crippen LogP contribution in [0.15, 0.2) is 6.07 Å². The fourth-order valence-corrected chi connectivity index (χ4v) is 3.17. The molecule has 0 amide bonds. The van der Waals surface area contributed by atoms with Gasteiger partial charge in [0.05, 0.1) is 0 Å². The van der Waals surface area contributed by atoms with E-state index in [1.54, 1.807) is 0 Å². The lowest BCUT2D eigenvalue weighted by molar-refractivity contribution is 0.301. The van der Waals surface area contributed by atoms with Gasteiger partial charge in [-0.1, -0.05) is 13.8 Å². The summed E-state index contributed by atoms with van der Waals surface area (Å²) in [6.45, 7) is 6.79. The van der Waals surface area contributed by atoms with Crippen molar-refractivity contribution in [2.45, 2.75) is 51.9 Å².